The fourth-order valence-electron chi connectivity index (χ4n) is 0.546. The van der Waals surface area contributed by atoms with E-state index in [1.165, 1.54) is 5.01 Å². The van der Waals surface area contributed by atoms with Crippen LogP contribution >= 0.6 is 11.8 Å². The highest BCUT2D eigenvalue weighted by Gasteiger charge is 2.05. The minimum Gasteiger partial charge on any atom is -0.308 e. The van der Waals surface area contributed by atoms with Gasteiger partial charge < -0.3 is 5.43 Å². The molecule has 0 bridgehead atoms. The van der Waals surface area contributed by atoms with E-state index >= 15 is 0 Å². The molecule has 0 heterocycles. The fraction of sp³-hybridized carbons (Fsp3) is 0.857. The van der Waals surface area contributed by atoms with E-state index in [9.17, 15) is 0 Å². The van der Waals surface area contributed by atoms with Crippen LogP contribution < -0.4 is 11.3 Å². The molecule has 0 unspecified atom stereocenters. The summed E-state index contributed by atoms with van der Waals surface area (Å²) in [5.41, 5.74) is 2.88. The van der Waals surface area contributed by atoms with Gasteiger partial charge in [0.25, 0.3) is 0 Å². The minimum absolute atomic E-state index is 0.494. The van der Waals surface area contributed by atoms with Crippen LogP contribution in [0.2, 0.25) is 0 Å². The summed E-state index contributed by atoms with van der Waals surface area (Å²) < 4.78 is 0. The van der Waals surface area contributed by atoms with Crippen LogP contribution in [0.25, 0.3) is 0 Å². The van der Waals surface area contributed by atoms with Crippen molar-refractivity contribution in [1.82, 2.24) is 10.4 Å². The van der Waals surface area contributed by atoms with Crippen molar-refractivity contribution < 1.29 is 0 Å². The molecule has 0 rings (SSSR count). The number of amidine groups is 1. The topological polar surface area (TPSA) is 53.7 Å². The first kappa shape index (κ1) is 11.6. The Morgan fingerprint density at radius 2 is 2.25 bits per heavy atom. The molecule has 0 spiro atoms. The Balaban J connectivity index is 4.03. The van der Waals surface area contributed by atoms with Gasteiger partial charge in [0, 0.05) is 18.8 Å². The molecule has 0 fully saturated rings. The van der Waals surface area contributed by atoms with Gasteiger partial charge in [-0.15, -0.1) is 0 Å². The molecule has 0 aliphatic rings. The third-order valence-electron chi connectivity index (χ3n) is 0.976. The molecule has 0 atom stereocenters. The van der Waals surface area contributed by atoms with Crippen molar-refractivity contribution in [2.24, 2.45) is 10.9 Å². The summed E-state index contributed by atoms with van der Waals surface area (Å²) in [6, 6.07) is 0. The highest BCUT2D eigenvalue weighted by atomic mass is 32.2. The van der Waals surface area contributed by atoms with Gasteiger partial charge in [0.15, 0.2) is 5.17 Å². The number of hydrogen-bond donors (Lipinski definition) is 2. The Morgan fingerprint density at radius 1 is 1.67 bits per heavy atom. The highest BCUT2D eigenvalue weighted by Crippen LogP contribution is 2.11. The van der Waals surface area contributed by atoms with E-state index in [4.69, 9.17) is 5.84 Å². The molecule has 0 aliphatic heterocycles. The molecule has 0 aromatic heterocycles. The van der Waals surface area contributed by atoms with Crippen LogP contribution in [-0.4, -0.2) is 29.0 Å². The Labute approximate surface area is 78.5 Å². The van der Waals surface area contributed by atoms with Gasteiger partial charge >= 0.3 is 0 Å². The second-order valence-electron chi connectivity index (χ2n) is 2.68. The number of thioether (sulfide) groups is 1. The molecule has 0 aromatic carbocycles. The normalized spacial score (nSPS) is 12.0. The summed E-state index contributed by atoms with van der Waals surface area (Å²) in [7, 11) is 1.78. The zero-order chi connectivity index (χ0) is 9.56. The van der Waals surface area contributed by atoms with Gasteiger partial charge in [-0.2, -0.15) is 5.10 Å². The lowest BCUT2D eigenvalue weighted by molar-refractivity contribution is 0.541. The second kappa shape index (κ2) is 6.14. The first-order valence-electron chi connectivity index (χ1n) is 4.03. The van der Waals surface area contributed by atoms with Gasteiger partial charge in [-0.05, 0) is 6.92 Å². The molecule has 0 aliphatic carbocycles. The minimum atomic E-state index is 0.494. The summed E-state index contributed by atoms with van der Waals surface area (Å²) in [6.45, 7) is 7.03. The third-order valence-corrected chi connectivity index (χ3v) is 2.04. The quantitative estimate of drug-likeness (QED) is 0.299. The standard InChI is InChI=1S/C7H18N4S/c1-5-9-10-7(11(4)8)12-6(2)3/h6,9H,5,8H2,1-4H3/b10-7+. The monoisotopic (exact) mass is 190 g/mol. The van der Waals surface area contributed by atoms with Crippen molar-refractivity contribution >= 4 is 16.9 Å². The van der Waals surface area contributed by atoms with E-state index in [0.29, 0.717) is 5.25 Å². The van der Waals surface area contributed by atoms with Crippen molar-refractivity contribution in [2.75, 3.05) is 13.6 Å². The van der Waals surface area contributed by atoms with Crippen molar-refractivity contribution in [3.63, 3.8) is 0 Å². The number of nitrogens with one attached hydrogen (secondary N) is 1. The first-order valence-corrected chi connectivity index (χ1v) is 4.91. The van der Waals surface area contributed by atoms with Crippen LogP contribution in [0.15, 0.2) is 5.10 Å². The predicted octanol–water partition coefficient (Wildman–Crippen LogP) is 0.814. The lowest BCUT2D eigenvalue weighted by Gasteiger charge is -2.15. The molecule has 5 heteroatoms. The largest absolute Gasteiger partial charge is 0.308 e. The number of nitrogens with two attached hydrogens (primary N) is 1. The van der Waals surface area contributed by atoms with E-state index in [0.717, 1.165) is 11.7 Å². The lowest BCUT2D eigenvalue weighted by Crippen LogP contribution is -2.33. The van der Waals surface area contributed by atoms with Crippen molar-refractivity contribution in [2.45, 2.75) is 26.0 Å². The number of nitrogens with zero attached hydrogens (tertiary/aromatic N) is 2. The molecule has 0 aromatic rings. The SMILES string of the molecule is CCN/N=C(/SC(C)C)N(C)N. The number of hydrazine groups is 1. The van der Waals surface area contributed by atoms with Gasteiger partial charge in [0.2, 0.25) is 0 Å². The van der Waals surface area contributed by atoms with Gasteiger partial charge in [-0.3, -0.25) is 5.01 Å². The van der Waals surface area contributed by atoms with Crippen LogP contribution in [-0.2, 0) is 0 Å². The Morgan fingerprint density at radius 3 is 2.58 bits per heavy atom. The first-order chi connectivity index (χ1) is 5.57. The molecule has 0 saturated heterocycles. The highest BCUT2D eigenvalue weighted by molar-refractivity contribution is 8.14. The van der Waals surface area contributed by atoms with E-state index < -0.39 is 0 Å². The molecule has 0 saturated carbocycles. The molecule has 0 radical (unpaired) electrons. The maximum absolute atomic E-state index is 5.57. The van der Waals surface area contributed by atoms with E-state index in [-0.39, 0.29) is 0 Å². The second-order valence-corrected chi connectivity index (χ2v) is 4.23. The van der Waals surface area contributed by atoms with Crippen LogP contribution in [0, 0.1) is 0 Å². The van der Waals surface area contributed by atoms with E-state index in [2.05, 4.69) is 24.4 Å². The predicted molar refractivity (Wildman–Crippen MR) is 55.8 cm³/mol. The summed E-state index contributed by atoms with van der Waals surface area (Å²) in [6.07, 6.45) is 0. The van der Waals surface area contributed by atoms with Crippen molar-refractivity contribution in [3.05, 3.63) is 0 Å². The zero-order valence-corrected chi connectivity index (χ0v) is 8.98. The van der Waals surface area contributed by atoms with Crippen molar-refractivity contribution in [3.8, 4) is 0 Å². The van der Waals surface area contributed by atoms with Gasteiger partial charge in [-0.25, -0.2) is 5.84 Å². The van der Waals surface area contributed by atoms with Crippen LogP contribution in [0.4, 0.5) is 0 Å². The Bertz CT molecular complexity index is 144. The molecular formula is C7H18N4S. The van der Waals surface area contributed by atoms with Crippen LogP contribution in [0.3, 0.4) is 0 Å². The maximum atomic E-state index is 5.57. The fourth-order valence-corrected chi connectivity index (χ4v) is 1.25. The Hall–Kier alpha value is -0.420. The number of rotatable bonds is 3. The van der Waals surface area contributed by atoms with Crippen LogP contribution in [0.5, 0.6) is 0 Å². The zero-order valence-electron chi connectivity index (χ0n) is 8.16. The van der Waals surface area contributed by atoms with Crippen LogP contribution in [0.1, 0.15) is 20.8 Å². The molecular weight excluding hydrogens is 172 g/mol. The average Bonchev–Trinajstić information content (AvgIpc) is 1.96. The molecule has 3 N–H and O–H groups in total. The maximum Gasteiger partial charge on any atom is 0.196 e. The number of hydrazone groups is 1. The number of hydrogen-bond acceptors (Lipinski definition) is 4. The summed E-state index contributed by atoms with van der Waals surface area (Å²) in [5, 5.41) is 6.94. The van der Waals surface area contributed by atoms with E-state index in [1.807, 2.05) is 6.92 Å². The smallest absolute Gasteiger partial charge is 0.196 e. The third kappa shape index (κ3) is 5.26. The molecule has 72 valence electrons. The lowest BCUT2D eigenvalue weighted by atomic mass is 10.6. The van der Waals surface area contributed by atoms with Gasteiger partial charge in [0.1, 0.15) is 0 Å². The van der Waals surface area contributed by atoms with Gasteiger partial charge in [-0.1, -0.05) is 25.6 Å². The molecule has 4 nitrogen and oxygen atoms in total. The molecule has 12 heavy (non-hydrogen) atoms. The average molecular weight is 190 g/mol. The van der Waals surface area contributed by atoms with Gasteiger partial charge in [0.05, 0.1) is 0 Å². The summed E-state index contributed by atoms with van der Waals surface area (Å²) in [5.74, 6) is 5.57. The van der Waals surface area contributed by atoms with Crippen molar-refractivity contribution in [1.29, 1.82) is 0 Å². The summed E-state index contributed by atoms with van der Waals surface area (Å²) in [4.78, 5) is 0. The molecule has 0 amide bonds. The summed E-state index contributed by atoms with van der Waals surface area (Å²) >= 11 is 1.64. The Kier molecular flexibility index (Phi) is 5.92. The van der Waals surface area contributed by atoms with E-state index in [1.54, 1.807) is 18.8 Å².